The zero-order chi connectivity index (χ0) is 24.5. The van der Waals surface area contributed by atoms with E-state index >= 15 is 0 Å². The fourth-order valence-electron chi connectivity index (χ4n) is 4.32. The van der Waals surface area contributed by atoms with Gasteiger partial charge in [0.25, 0.3) is 9.28 Å². The summed E-state index contributed by atoms with van der Waals surface area (Å²) in [5.41, 5.74) is 0. The molecule has 4 unspecified atom stereocenters. The maximum atomic E-state index is 12.2. The van der Waals surface area contributed by atoms with E-state index in [0.29, 0.717) is 26.1 Å². The van der Waals surface area contributed by atoms with E-state index in [4.69, 9.17) is 17.4 Å². The average Bonchev–Trinajstić information content (AvgIpc) is 3.00. The van der Waals surface area contributed by atoms with Crippen LogP contribution in [0.3, 0.4) is 0 Å². The highest BCUT2D eigenvalue weighted by Crippen LogP contribution is 2.29. The smallest absolute Gasteiger partial charge is 0.391 e. The molecule has 192 valence electrons. The Hall–Kier alpha value is -0.579. The summed E-state index contributed by atoms with van der Waals surface area (Å²) in [6.07, 6.45) is -1.08. The first-order valence-electron chi connectivity index (χ1n) is 11.8. The normalized spacial score (nSPS) is 32.1. The molecule has 0 N–H and O–H groups in total. The molecule has 7 nitrogen and oxygen atoms in total. The monoisotopic (exact) mass is 530 g/mol. The Balaban J connectivity index is 1.80. The highest BCUT2D eigenvalue weighted by atomic mass is 28.5. The predicted octanol–water partition coefficient (Wildman–Crippen LogP) is 4.56. The molecule has 0 aromatic heterocycles. The highest BCUT2D eigenvalue weighted by molar-refractivity contribution is 6.81. The summed E-state index contributed by atoms with van der Waals surface area (Å²) in [4.78, 5) is 23.0. The molecular weight excluding hydrogens is 493 g/mol. The van der Waals surface area contributed by atoms with Crippen LogP contribution in [0.25, 0.3) is 0 Å². The van der Waals surface area contributed by atoms with Crippen molar-refractivity contribution in [3.63, 3.8) is 0 Å². The van der Waals surface area contributed by atoms with Crippen molar-refractivity contribution in [2.24, 2.45) is 5.92 Å². The van der Waals surface area contributed by atoms with Crippen LogP contribution < -0.4 is 0 Å². The number of cyclic esters (lactones) is 2. The fourth-order valence-corrected chi connectivity index (χ4v) is 16.4. The third kappa shape index (κ3) is 11.1. The molecule has 2 aliphatic rings. The van der Waals surface area contributed by atoms with Crippen molar-refractivity contribution in [1.82, 2.24) is 0 Å². The maximum absolute atomic E-state index is 12.2. The summed E-state index contributed by atoms with van der Waals surface area (Å²) < 4.78 is 65.6. The SMILES string of the molecule is C[SiH]1O[Si](C)(CCCOCCC(F)(F)F)CCCCO[Si](C)(CCCC2CC(=O)OC2=O)O1. The minimum Gasteiger partial charge on any atom is -0.438 e. The Morgan fingerprint density at radius 3 is 2.52 bits per heavy atom. The molecule has 33 heavy (non-hydrogen) atoms. The lowest BCUT2D eigenvalue weighted by Gasteiger charge is -2.37. The van der Waals surface area contributed by atoms with Crippen molar-refractivity contribution in [3.8, 4) is 0 Å². The molecule has 0 amide bonds. The lowest BCUT2D eigenvalue weighted by atomic mass is 10.0. The van der Waals surface area contributed by atoms with Gasteiger partial charge < -0.3 is 22.1 Å². The van der Waals surface area contributed by atoms with Crippen LogP contribution in [-0.2, 0) is 31.7 Å². The van der Waals surface area contributed by atoms with Crippen molar-refractivity contribution in [2.45, 2.75) is 88.9 Å². The summed E-state index contributed by atoms with van der Waals surface area (Å²) in [5, 5.41) is 0. The second-order valence-corrected chi connectivity index (χ2v) is 19.3. The van der Waals surface area contributed by atoms with Gasteiger partial charge in [0.15, 0.2) is 8.32 Å². The minimum absolute atomic E-state index is 0.150. The Labute approximate surface area is 197 Å². The van der Waals surface area contributed by atoms with Crippen LogP contribution >= 0.6 is 0 Å². The van der Waals surface area contributed by atoms with E-state index in [1.165, 1.54) is 0 Å². The molecule has 4 atom stereocenters. The number of alkyl halides is 3. The standard InChI is InChI=1S/C20H37F3O7Si3/c1-31-29-32(2,14-7-10-26-12-9-20(21,22)23)13-5-4-11-27-33(3,30-31)15-6-8-17-16-18(24)28-19(17)25/h17,31H,4-16H2,1-3H3. The quantitative estimate of drug-likeness (QED) is 0.177. The number of hydrogen-bond acceptors (Lipinski definition) is 7. The van der Waals surface area contributed by atoms with Gasteiger partial charge in [-0.3, -0.25) is 9.59 Å². The molecule has 0 aliphatic carbocycles. The van der Waals surface area contributed by atoms with Crippen LogP contribution in [0.15, 0.2) is 0 Å². The van der Waals surface area contributed by atoms with Crippen molar-refractivity contribution in [3.05, 3.63) is 0 Å². The van der Waals surface area contributed by atoms with Gasteiger partial charge in [0.05, 0.1) is 25.4 Å². The summed E-state index contributed by atoms with van der Waals surface area (Å²) in [5.74, 6) is -1.26. The number of carbonyl (C=O) groups excluding carboxylic acids is 2. The van der Waals surface area contributed by atoms with E-state index in [9.17, 15) is 22.8 Å². The second-order valence-electron chi connectivity index (χ2n) is 9.36. The lowest BCUT2D eigenvalue weighted by Crippen LogP contribution is -2.49. The van der Waals surface area contributed by atoms with E-state index in [2.05, 4.69) is 11.3 Å². The molecule has 2 rings (SSSR count). The topological polar surface area (TPSA) is 80.3 Å². The van der Waals surface area contributed by atoms with Crippen LogP contribution in [0.1, 0.15) is 44.9 Å². The van der Waals surface area contributed by atoms with Gasteiger partial charge in [-0.25, -0.2) is 0 Å². The van der Waals surface area contributed by atoms with Crippen LogP contribution in [-0.4, -0.2) is 64.1 Å². The molecule has 0 aromatic rings. The van der Waals surface area contributed by atoms with E-state index in [1.807, 2.05) is 13.1 Å². The Kier molecular flexibility index (Phi) is 11.2. The van der Waals surface area contributed by atoms with Crippen LogP contribution in [0, 0.1) is 5.92 Å². The molecule has 13 heteroatoms. The van der Waals surface area contributed by atoms with Gasteiger partial charge in [-0.05, 0) is 57.0 Å². The van der Waals surface area contributed by atoms with E-state index in [-0.39, 0.29) is 18.9 Å². The fraction of sp³-hybridized carbons (Fsp3) is 0.900. The minimum atomic E-state index is -4.19. The van der Waals surface area contributed by atoms with Crippen molar-refractivity contribution in [1.29, 1.82) is 0 Å². The molecule has 2 heterocycles. The highest BCUT2D eigenvalue weighted by Gasteiger charge is 2.40. The zero-order valence-electron chi connectivity index (χ0n) is 19.8. The molecule has 0 saturated carbocycles. The summed E-state index contributed by atoms with van der Waals surface area (Å²) >= 11 is 0. The van der Waals surface area contributed by atoms with Gasteiger partial charge in [-0.1, -0.05) is 12.8 Å². The molecule has 0 spiro atoms. The van der Waals surface area contributed by atoms with Gasteiger partial charge in [0.1, 0.15) is 0 Å². The Morgan fingerprint density at radius 2 is 1.85 bits per heavy atom. The molecular formula is C20H37F3O7Si3. The van der Waals surface area contributed by atoms with Crippen LogP contribution in [0.2, 0.25) is 37.8 Å². The van der Waals surface area contributed by atoms with Crippen molar-refractivity contribution < 1.29 is 44.9 Å². The van der Waals surface area contributed by atoms with Crippen LogP contribution in [0.5, 0.6) is 0 Å². The van der Waals surface area contributed by atoms with Crippen molar-refractivity contribution in [2.75, 3.05) is 19.8 Å². The van der Waals surface area contributed by atoms with Crippen molar-refractivity contribution >= 4 is 38.1 Å². The molecule has 0 radical (unpaired) electrons. The third-order valence-corrected chi connectivity index (χ3v) is 17.9. The first-order chi connectivity index (χ1) is 15.4. The zero-order valence-corrected chi connectivity index (χ0v) is 23.0. The van der Waals surface area contributed by atoms with E-state index in [0.717, 1.165) is 37.4 Å². The van der Waals surface area contributed by atoms with Crippen LogP contribution in [0.4, 0.5) is 13.2 Å². The third-order valence-electron chi connectivity index (χ3n) is 6.04. The second kappa shape index (κ2) is 12.9. The number of carbonyl (C=O) groups is 2. The average molecular weight is 531 g/mol. The van der Waals surface area contributed by atoms with Gasteiger partial charge in [-0.15, -0.1) is 0 Å². The van der Waals surface area contributed by atoms with E-state index < -0.39 is 50.7 Å². The lowest BCUT2D eigenvalue weighted by molar-refractivity contribution is -0.153. The van der Waals surface area contributed by atoms with E-state index in [1.54, 1.807) is 0 Å². The predicted molar refractivity (Wildman–Crippen MR) is 123 cm³/mol. The number of rotatable bonds is 10. The van der Waals surface area contributed by atoms with Gasteiger partial charge in [0, 0.05) is 13.2 Å². The number of hydrogen-bond donors (Lipinski definition) is 0. The Morgan fingerprint density at radius 1 is 1.09 bits per heavy atom. The van der Waals surface area contributed by atoms with Gasteiger partial charge in [-0.2, -0.15) is 13.2 Å². The number of halogens is 3. The number of esters is 2. The number of ether oxygens (including phenoxy) is 2. The Bertz CT molecular complexity index is 655. The molecule has 0 bridgehead atoms. The molecule has 2 fully saturated rings. The summed E-state index contributed by atoms with van der Waals surface area (Å²) in [6.45, 7) is 6.85. The van der Waals surface area contributed by atoms with Gasteiger partial charge in [0.2, 0.25) is 0 Å². The van der Waals surface area contributed by atoms with Gasteiger partial charge >= 0.3 is 26.7 Å². The first kappa shape index (κ1) is 28.7. The summed E-state index contributed by atoms with van der Waals surface area (Å²) in [7, 11) is -6.53. The maximum Gasteiger partial charge on any atom is 0.391 e. The molecule has 2 saturated heterocycles. The molecule has 2 aliphatic heterocycles. The first-order valence-corrected chi connectivity index (χ1v) is 19.2. The largest absolute Gasteiger partial charge is 0.438 e. The summed E-state index contributed by atoms with van der Waals surface area (Å²) in [6, 6.07) is 2.52. The molecule has 0 aromatic carbocycles.